The zero-order chi connectivity index (χ0) is 21.1. The van der Waals surface area contributed by atoms with Crippen LogP contribution >= 0.6 is 12.2 Å². The van der Waals surface area contributed by atoms with Crippen LogP contribution in [0.15, 0.2) is 59.4 Å². The second kappa shape index (κ2) is 9.00. The fourth-order valence-electron chi connectivity index (χ4n) is 4.34. The number of aromatic amines is 1. The molecule has 4 rings (SSSR count). The Morgan fingerprint density at radius 3 is 2.63 bits per heavy atom. The number of pyridine rings is 1. The molecule has 1 atom stereocenters. The maximum absolute atomic E-state index is 12.8. The third-order valence-electron chi connectivity index (χ3n) is 6.08. The smallest absolute Gasteiger partial charge is 0.253 e. The van der Waals surface area contributed by atoms with Gasteiger partial charge < -0.3 is 15.2 Å². The zero-order valence-corrected chi connectivity index (χ0v) is 18.5. The summed E-state index contributed by atoms with van der Waals surface area (Å²) >= 11 is 5.85. The summed E-state index contributed by atoms with van der Waals surface area (Å²) in [6.45, 7) is 4.68. The van der Waals surface area contributed by atoms with Gasteiger partial charge in [-0.05, 0) is 67.6 Å². The van der Waals surface area contributed by atoms with Gasteiger partial charge in [-0.3, -0.25) is 4.79 Å². The molecule has 1 fully saturated rings. The Morgan fingerprint density at radius 1 is 1.17 bits per heavy atom. The van der Waals surface area contributed by atoms with Gasteiger partial charge in [0.25, 0.3) is 5.56 Å². The van der Waals surface area contributed by atoms with E-state index >= 15 is 0 Å². The molecule has 0 radical (unpaired) electrons. The highest BCUT2D eigenvalue weighted by atomic mass is 32.1. The molecule has 3 aromatic rings. The summed E-state index contributed by atoms with van der Waals surface area (Å²) in [6.07, 6.45) is 4.66. The fraction of sp³-hybridized carbons (Fsp3) is 0.360. The van der Waals surface area contributed by atoms with Crippen LogP contribution in [0.5, 0.6) is 0 Å². The first-order valence-electron chi connectivity index (χ1n) is 10.8. The number of rotatable bonds is 5. The van der Waals surface area contributed by atoms with Crippen molar-refractivity contribution >= 4 is 28.2 Å². The Hall–Kier alpha value is -2.66. The van der Waals surface area contributed by atoms with Crippen LogP contribution in [0.4, 0.5) is 0 Å². The maximum atomic E-state index is 12.8. The van der Waals surface area contributed by atoms with Crippen molar-refractivity contribution in [1.29, 1.82) is 0 Å². The van der Waals surface area contributed by atoms with Gasteiger partial charge in [-0.15, -0.1) is 0 Å². The third kappa shape index (κ3) is 4.57. The van der Waals surface area contributed by atoms with Crippen LogP contribution in [0.25, 0.3) is 10.9 Å². The quantitative estimate of drug-likeness (QED) is 0.557. The van der Waals surface area contributed by atoms with Crippen molar-refractivity contribution in [2.75, 3.05) is 0 Å². The predicted molar refractivity (Wildman–Crippen MR) is 128 cm³/mol. The van der Waals surface area contributed by atoms with Gasteiger partial charge in [0.1, 0.15) is 0 Å². The largest absolute Gasteiger partial charge is 0.356 e. The van der Waals surface area contributed by atoms with E-state index in [1.807, 2.05) is 37.3 Å². The number of aryl methyl sites for hydroxylation is 1. The Labute approximate surface area is 183 Å². The van der Waals surface area contributed by atoms with Gasteiger partial charge in [0.2, 0.25) is 0 Å². The lowest BCUT2D eigenvalue weighted by atomic mass is 10.1. The molecule has 1 heterocycles. The highest BCUT2D eigenvalue weighted by molar-refractivity contribution is 7.80. The minimum Gasteiger partial charge on any atom is -0.356 e. The Balaban J connectivity index is 1.59. The van der Waals surface area contributed by atoms with E-state index in [1.54, 1.807) is 0 Å². The van der Waals surface area contributed by atoms with Crippen molar-refractivity contribution in [3.8, 4) is 0 Å². The Morgan fingerprint density at radius 2 is 1.90 bits per heavy atom. The number of hydrogen-bond donors (Lipinski definition) is 2. The van der Waals surface area contributed by atoms with Crippen LogP contribution in [-0.2, 0) is 6.54 Å². The summed E-state index contributed by atoms with van der Waals surface area (Å²) in [5, 5.41) is 5.28. The molecule has 1 aliphatic carbocycles. The number of aromatic nitrogens is 1. The van der Waals surface area contributed by atoms with Crippen LogP contribution in [-0.4, -0.2) is 21.0 Å². The monoisotopic (exact) mass is 419 g/mol. The minimum absolute atomic E-state index is 0.0324. The molecule has 0 amide bonds. The van der Waals surface area contributed by atoms with Gasteiger partial charge >= 0.3 is 0 Å². The topological polar surface area (TPSA) is 48.1 Å². The van der Waals surface area contributed by atoms with Crippen LogP contribution < -0.4 is 10.9 Å². The highest BCUT2D eigenvalue weighted by Crippen LogP contribution is 2.26. The third-order valence-corrected chi connectivity index (χ3v) is 6.44. The second-order valence-electron chi connectivity index (χ2n) is 8.36. The van der Waals surface area contributed by atoms with E-state index in [0.29, 0.717) is 12.6 Å². The lowest BCUT2D eigenvalue weighted by Gasteiger charge is -2.33. The predicted octanol–water partition coefficient (Wildman–Crippen LogP) is 5.22. The summed E-state index contributed by atoms with van der Waals surface area (Å²) in [5.74, 6) is 0. The van der Waals surface area contributed by atoms with Crippen LogP contribution in [0.2, 0.25) is 0 Å². The average molecular weight is 420 g/mol. The van der Waals surface area contributed by atoms with Crippen molar-refractivity contribution in [2.45, 2.75) is 58.2 Å². The number of hydrogen-bond acceptors (Lipinski definition) is 2. The van der Waals surface area contributed by atoms with Crippen LogP contribution in [0.1, 0.15) is 55.3 Å². The lowest BCUT2D eigenvalue weighted by Crippen LogP contribution is -2.46. The van der Waals surface area contributed by atoms with Crippen molar-refractivity contribution in [2.24, 2.45) is 0 Å². The van der Waals surface area contributed by atoms with E-state index in [2.05, 4.69) is 46.4 Å². The minimum atomic E-state index is -0.0324. The Kier molecular flexibility index (Phi) is 6.18. The molecular formula is C25H29N3OS. The zero-order valence-electron chi connectivity index (χ0n) is 17.7. The number of thiocarbonyl (C=S) groups is 1. The maximum Gasteiger partial charge on any atom is 0.253 e. The van der Waals surface area contributed by atoms with Crippen LogP contribution in [0.3, 0.4) is 0 Å². The summed E-state index contributed by atoms with van der Waals surface area (Å²) in [5.41, 5.74) is 3.95. The van der Waals surface area contributed by atoms with Crippen molar-refractivity contribution in [3.05, 3.63) is 81.6 Å². The number of benzene rings is 2. The van der Waals surface area contributed by atoms with Crippen LogP contribution in [0, 0.1) is 6.92 Å². The van der Waals surface area contributed by atoms with Gasteiger partial charge in [-0.2, -0.15) is 0 Å². The van der Waals surface area contributed by atoms with Gasteiger partial charge in [0, 0.05) is 17.1 Å². The molecule has 2 N–H and O–H groups in total. The van der Waals surface area contributed by atoms with Gasteiger partial charge in [0.05, 0.1) is 12.6 Å². The van der Waals surface area contributed by atoms with Crippen molar-refractivity contribution in [1.82, 2.24) is 15.2 Å². The van der Waals surface area contributed by atoms with E-state index in [4.69, 9.17) is 12.2 Å². The normalized spacial score (nSPS) is 15.3. The van der Waals surface area contributed by atoms with Gasteiger partial charge in [-0.1, -0.05) is 55.3 Å². The number of nitrogens with one attached hydrogen (secondary N) is 2. The van der Waals surface area contributed by atoms with Crippen molar-refractivity contribution in [3.63, 3.8) is 0 Å². The molecule has 0 saturated heterocycles. The second-order valence-corrected chi connectivity index (χ2v) is 8.75. The summed E-state index contributed by atoms with van der Waals surface area (Å²) < 4.78 is 0. The SMILES string of the molecule is Cc1ccc2cc(CN(C(=S)N[C@H](C)c3ccccc3)C3CCCC3)c(=O)[nH]c2c1. The van der Waals surface area contributed by atoms with E-state index in [1.165, 1.54) is 18.4 Å². The molecule has 1 saturated carbocycles. The standard InChI is InChI=1S/C25H29N3OS/c1-17-12-13-20-15-21(24(29)27-23(20)14-17)16-28(22-10-6-7-11-22)25(30)26-18(2)19-8-4-3-5-9-19/h3-5,8-9,12-15,18,22H,6-7,10-11,16H2,1-2H3,(H,26,30)(H,27,29)/t18-/m1/s1. The van der Waals surface area contributed by atoms with E-state index in [9.17, 15) is 4.79 Å². The van der Waals surface area contributed by atoms with Gasteiger partial charge in [0.15, 0.2) is 5.11 Å². The number of H-pyrrole nitrogens is 1. The molecule has 1 aromatic heterocycles. The lowest BCUT2D eigenvalue weighted by molar-refractivity contribution is 0.300. The van der Waals surface area contributed by atoms with E-state index in [0.717, 1.165) is 40.0 Å². The molecule has 30 heavy (non-hydrogen) atoms. The fourth-order valence-corrected chi connectivity index (χ4v) is 4.73. The van der Waals surface area contributed by atoms with E-state index < -0.39 is 0 Å². The Bertz CT molecular complexity index is 1090. The number of nitrogens with zero attached hydrogens (tertiary/aromatic N) is 1. The summed E-state index contributed by atoms with van der Waals surface area (Å²) in [6, 6.07) is 19.0. The molecule has 2 aromatic carbocycles. The molecule has 4 nitrogen and oxygen atoms in total. The highest BCUT2D eigenvalue weighted by Gasteiger charge is 2.26. The molecule has 156 valence electrons. The first kappa shape index (κ1) is 20.6. The number of fused-ring (bicyclic) bond motifs is 1. The average Bonchev–Trinajstić information content (AvgIpc) is 3.27. The molecule has 1 aliphatic rings. The first-order chi connectivity index (χ1) is 14.5. The van der Waals surface area contributed by atoms with Crippen molar-refractivity contribution < 1.29 is 0 Å². The molecular weight excluding hydrogens is 390 g/mol. The van der Waals surface area contributed by atoms with E-state index in [-0.39, 0.29) is 11.6 Å². The summed E-state index contributed by atoms with van der Waals surface area (Å²) in [4.78, 5) is 18.1. The first-order valence-corrected chi connectivity index (χ1v) is 11.2. The van der Waals surface area contributed by atoms with Gasteiger partial charge in [-0.25, -0.2) is 0 Å². The summed E-state index contributed by atoms with van der Waals surface area (Å²) in [7, 11) is 0. The molecule has 0 aliphatic heterocycles. The molecule has 0 spiro atoms. The molecule has 5 heteroatoms. The molecule has 0 bridgehead atoms. The molecule has 0 unspecified atom stereocenters.